The van der Waals surface area contributed by atoms with Crippen molar-refractivity contribution in [2.45, 2.75) is 20.3 Å². The van der Waals surface area contributed by atoms with Crippen LogP contribution < -0.4 is 10.6 Å². The van der Waals surface area contributed by atoms with Crippen LogP contribution in [0.15, 0.2) is 29.6 Å². The van der Waals surface area contributed by atoms with Crippen LogP contribution in [0, 0.1) is 5.92 Å². The molecule has 1 amide bonds. The maximum Gasteiger partial charge on any atom is 0.224 e. The smallest absolute Gasteiger partial charge is 0.224 e. The van der Waals surface area contributed by atoms with Gasteiger partial charge in [-0.25, -0.2) is 4.98 Å². The topological polar surface area (TPSA) is 54.0 Å². The first-order valence-electron chi connectivity index (χ1n) is 6.62. The van der Waals surface area contributed by atoms with Crippen molar-refractivity contribution in [2.75, 3.05) is 17.7 Å². The molecule has 0 spiro atoms. The van der Waals surface area contributed by atoms with Gasteiger partial charge in [0.1, 0.15) is 0 Å². The van der Waals surface area contributed by atoms with E-state index in [-0.39, 0.29) is 5.91 Å². The van der Waals surface area contributed by atoms with Gasteiger partial charge in [-0.05, 0) is 18.1 Å². The van der Waals surface area contributed by atoms with Crippen molar-refractivity contribution in [3.8, 4) is 11.3 Å². The number of nitrogens with one attached hydrogen (secondary N) is 2. The van der Waals surface area contributed by atoms with Gasteiger partial charge >= 0.3 is 0 Å². The molecule has 0 unspecified atom stereocenters. The average molecular weight is 289 g/mol. The van der Waals surface area contributed by atoms with Gasteiger partial charge in [0.05, 0.1) is 5.69 Å². The van der Waals surface area contributed by atoms with Crippen LogP contribution in [0.5, 0.6) is 0 Å². The summed E-state index contributed by atoms with van der Waals surface area (Å²) in [5.74, 6) is 0.420. The molecule has 0 fully saturated rings. The molecule has 0 bridgehead atoms. The fraction of sp³-hybridized carbons (Fsp3) is 0.333. The monoisotopic (exact) mass is 289 g/mol. The van der Waals surface area contributed by atoms with E-state index in [9.17, 15) is 4.79 Å². The zero-order valence-corrected chi connectivity index (χ0v) is 12.8. The second-order valence-electron chi connectivity index (χ2n) is 5.01. The lowest BCUT2D eigenvalue weighted by atomic mass is 10.1. The lowest BCUT2D eigenvalue weighted by molar-refractivity contribution is -0.116. The first-order chi connectivity index (χ1) is 9.58. The summed E-state index contributed by atoms with van der Waals surface area (Å²) in [4.78, 5) is 16.1. The molecule has 106 valence electrons. The second kappa shape index (κ2) is 6.52. The molecule has 20 heavy (non-hydrogen) atoms. The number of benzene rings is 1. The Labute approximate surface area is 123 Å². The Balaban J connectivity index is 2.04. The fourth-order valence-corrected chi connectivity index (χ4v) is 2.51. The van der Waals surface area contributed by atoms with Crippen LogP contribution in [-0.2, 0) is 4.79 Å². The van der Waals surface area contributed by atoms with Crippen LogP contribution in [0.4, 0.5) is 10.8 Å². The first kappa shape index (κ1) is 14.5. The van der Waals surface area contributed by atoms with Gasteiger partial charge in [-0.1, -0.05) is 26.0 Å². The van der Waals surface area contributed by atoms with Crippen molar-refractivity contribution < 1.29 is 4.79 Å². The molecule has 0 aliphatic rings. The van der Waals surface area contributed by atoms with Gasteiger partial charge in [0.25, 0.3) is 0 Å². The van der Waals surface area contributed by atoms with Crippen molar-refractivity contribution in [2.24, 2.45) is 5.92 Å². The van der Waals surface area contributed by atoms with Crippen LogP contribution in [0.25, 0.3) is 11.3 Å². The van der Waals surface area contributed by atoms with Crippen LogP contribution >= 0.6 is 11.3 Å². The van der Waals surface area contributed by atoms with Crippen molar-refractivity contribution in [1.29, 1.82) is 0 Å². The molecule has 1 heterocycles. The van der Waals surface area contributed by atoms with Crippen LogP contribution in [-0.4, -0.2) is 17.9 Å². The Kier molecular flexibility index (Phi) is 4.74. The molecule has 0 radical (unpaired) electrons. The molecule has 0 aliphatic carbocycles. The molecular formula is C15H19N3OS. The molecule has 1 aromatic heterocycles. The number of hydrogen-bond acceptors (Lipinski definition) is 4. The van der Waals surface area contributed by atoms with E-state index in [1.807, 2.05) is 50.5 Å². The van der Waals surface area contributed by atoms with E-state index in [2.05, 4.69) is 15.6 Å². The molecule has 0 saturated carbocycles. The van der Waals surface area contributed by atoms with Crippen molar-refractivity contribution in [1.82, 2.24) is 4.98 Å². The maximum atomic E-state index is 11.7. The van der Waals surface area contributed by atoms with Crippen molar-refractivity contribution in [3.63, 3.8) is 0 Å². The van der Waals surface area contributed by atoms with Crippen LogP contribution in [0.3, 0.4) is 0 Å². The highest BCUT2D eigenvalue weighted by Gasteiger charge is 2.06. The quantitative estimate of drug-likeness (QED) is 0.879. The number of nitrogens with zero attached hydrogens (tertiary/aromatic N) is 1. The van der Waals surface area contributed by atoms with E-state index in [0.717, 1.165) is 22.1 Å². The first-order valence-corrected chi connectivity index (χ1v) is 7.50. The minimum Gasteiger partial charge on any atom is -0.365 e. The number of hydrogen-bond donors (Lipinski definition) is 2. The molecule has 0 aliphatic heterocycles. The number of aromatic nitrogens is 1. The van der Waals surface area contributed by atoms with Gasteiger partial charge < -0.3 is 10.6 Å². The molecule has 4 nitrogen and oxygen atoms in total. The lowest BCUT2D eigenvalue weighted by Gasteiger charge is -2.07. The van der Waals surface area contributed by atoms with Gasteiger partial charge in [0.2, 0.25) is 5.91 Å². The van der Waals surface area contributed by atoms with Crippen molar-refractivity contribution in [3.05, 3.63) is 29.6 Å². The van der Waals surface area contributed by atoms with Gasteiger partial charge in [0, 0.05) is 30.1 Å². The predicted molar refractivity (Wildman–Crippen MR) is 85.2 cm³/mol. The van der Waals surface area contributed by atoms with Crippen molar-refractivity contribution >= 4 is 28.1 Å². The van der Waals surface area contributed by atoms with Gasteiger partial charge in [-0.3, -0.25) is 4.79 Å². The van der Waals surface area contributed by atoms with E-state index in [1.165, 1.54) is 0 Å². The third-order valence-electron chi connectivity index (χ3n) is 2.78. The number of amides is 1. The summed E-state index contributed by atoms with van der Waals surface area (Å²) >= 11 is 1.57. The zero-order chi connectivity index (χ0) is 14.5. The average Bonchev–Trinajstić information content (AvgIpc) is 2.87. The van der Waals surface area contributed by atoms with E-state index in [4.69, 9.17) is 0 Å². The highest BCUT2D eigenvalue weighted by atomic mass is 32.1. The molecule has 5 heteroatoms. The summed E-state index contributed by atoms with van der Waals surface area (Å²) in [7, 11) is 1.86. The SMILES string of the molecule is CNc1nc(-c2ccc(NC(=O)CC(C)C)cc2)cs1. The van der Waals surface area contributed by atoms with Crippen LogP contribution in [0.1, 0.15) is 20.3 Å². The largest absolute Gasteiger partial charge is 0.365 e. The van der Waals surface area contributed by atoms with Crippen LogP contribution in [0.2, 0.25) is 0 Å². The third kappa shape index (κ3) is 3.81. The van der Waals surface area contributed by atoms with E-state index < -0.39 is 0 Å². The standard InChI is InChI=1S/C15H19N3OS/c1-10(2)8-14(19)17-12-6-4-11(5-7-12)13-9-20-15(16-3)18-13/h4-7,9-10H,8H2,1-3H3,(H,16,18)(H,17,19). The predicted octanol–water partition coefficient (Wildman–Crippen LogP) is 3.84. The number of thiazole rings is 1. The Morgan fingerprint density at radius 3 is 2.55 bits per heavy atom. The minimum absolute atomic E-state index is 0.0545. The maximum absolute atomic E-state index is 11.7. The zero-order valence-electron chi connectivity index (χ0n) is 11.9. The Hall–Kier alpha value is -1.88. The van der Waals surface area contributed by atoms with E-state index in [1.54, 1.807) is 11.3 Å². The molecule has 1 aromatic carbocycles. The fourth-order valence-electron chi connectivity index (χ4n) is 1.83. The Morgan fingerprint density at radius 2 is 2.00 bits per heavy atom. The third-order valence-corrected chi connectivity index (χ3v) is 3.64. The molecule has 2 aromatic rings. The molecule has 0 saturated heterocycles. The Morgan fingerprint density at radius 1 is 1.30 bits per heavy atom. The Bertz CT molecular complexity index is 575. The number of carbonyl (C=O) groups is 1. The summed E-state index contributed by atoms with van der Waals surface area (Å²) in [5.41, 5.74) is 2.81. The number of anilines is 2. The van der Waals surface area contributed by atoms with Gasteiger partial charge in [-0.2, -0.15) is 0 Å². The molecular weight excluding hydrogens is 270 g/mol. The summed E-state index contributed by atoms with van der Waals surface area (Å²) < 4.78 is 0. The summed E-state index contributed by atoms with van der Waals surface area (Å²) in [5, 5.41) is 8.83. The van der Waals surface area contributed by atoms with Gasteiger partial charge in [-0.15, -0.1) is 11.3 Å². The normalized spacial score (nSPS) is 10.6. The summed E-state index contributed by atoms with van der Waals surface area (Å²) in [6, 6.07) is 7.76. The summed E-state index contributed by atoms with van der Waals surface area (Å²) in [6.07, 6.45) is 0.541. The van der Waals surface area contributed by atoms with E-state index in [0.29, 0.717) is 12.3 Å². The highest BCUT2D eigenvalue weighted by Crippen LogP contribution is 2.25. The lowest BCUT2D eigenvalue weighted by Crippen LogP contribution is -2.13. The highest BCUT2D eigenvalue weighted by molar-refractivity contribution is 7.14. The summed E-state index contributed by atoms with van der Waals surface area (Å²) in [6.45, 7) is 4.06. The second-order valence-corrected chi connectivity index (χ2v) is 5.87. The molecule has 2 N–H and O–H groups in total. The molecule has 0 atom stereocenters. The molecule has 2 rings (SSSR count). The minimum atomic E-state index is 0.0545. The van der Waals surface area contributed by atoms with E-state index >= 15 is 0 Å². The number of rotatable bonds is 5. The van der Waals surface area contributed by atoms with Gasteiger partial charge in [0.15, 0.2) is 5.13 Å². The number of carbonyl (C=O) groups excluding carboxylic acids is 1.